The maximum Gasteiger partial charge on any atom is 0.253 e. The van der Waals surface area contributed by atoms with Crippen molar-refractivity contribution < 1.29 is 13.2 Å². The molecule has 0 unspecified atom stereocenters. The van der Waals surface area contributed by atoms with Crippen LogP contribution in [0.15, 0.2) is 41.6 Å². The summed E-state index contributed by atoms with van der Waals surface area (Å²) < 4.78 is 28.5. The van der Waals surface area contributed by atoms with Crippen LogP contribution in [0.4, 0.5) is 0 Å². The number of sulfonamides is 1. The van der Waals surface area contributed by atoms with Crippen LogP contribution in [0, 0.1) is 0 Å². The minimum atomic E-state index is -3.59. The number of rotatable bonds is 3. The molecular formula is C20H28N4O3S. The Balaban J connectivity index is 1.70. The number of amides is 1. The zero-order chi connectivity index (χ0) is 20.5. The molecule has 7 nitrogen and oxygen atoms in total. The standard InChI is InChI=1S/C20H28N4O3S/c1-20(2,3)17-8-6-16(7-9-17)19(25)23-10-5-11-24(13-12-23)28(26,27)18-14-21-22(4)15-18/h6-9,14-15H,5,10-13H2,1-4H3. The maximum atomic E-state index is 12.9. The second kappa shape index (κ2) is 7.67. The first kappa shape index (κ1) is 20.5. The van der Waals surface area contributed by atoms with Gasteiger partial charge >= 0.3 is 0 Å². The number of hydrogen-bond acceptors (Lipinski definition) is 4. The highest BCUT2D eigenvalue weighted by Gasteiger charge is 2.29. The number of carbonyl (C=O) groups is 1. The second-order valence-corrected chi connectivity index (χ2v) is 10.2. The Kier molecular flexibility index (Phi) is 5.63. The van der Waals surface area contributed by atoms with E-state index in [4.69, 9.17) is 0 Å². The lowest BCUT2D eigenvalue weighted by Gasteiger charge is -2.23. The Hall–Kier alpha value is -2.19. The van der Waals surface area contributed by atoms with E-state index < -0.39 is 10.0 Å². The van der Waals surface area contributed by atoms with Crippen LogP contribution in [-0.2, 0) is 22.5 Å². The SMILES string of the molecule is Cn1cc(S(=O)(=O)N2CCCN(C(=O)c3ccc(C(C)(C)C)cc3)CC2)cn1. The number of benzene rings is 1. The third-order valence-electron chi connectivity index (χ3n) is 5.06. The maximum absolute atomic E-state index is 12.9. The first-order valence-corrected chi connectivity index (χ1v) is 10.9. The zero-order valence-corrected chi connectivity index (χ0v) is 17.7. The third kappa shape index (κ3) is 4.28. The number of hydrogen-bond donors (Lipinski definition) is 0. The molecule has 1 aliphatic heterocycles. The van der Waals surface area contributed by atoms with Gasteiger partial charge in [0, 0.05) is 45.0 Å². The van der Waals surface area contributed by atoms with Gasteiger partial charge in [-0.2, -0.15) is 9.40 Å². The molecule has 1 aliphatic rings. The topological polar surface area (TPSA) is 75.5 Å². The van der Waals surface area contributed by atoms with Gasteiger partial charge in [0.2, 0.25) is 10.0 Å². The molecule has 0 spiro atoms. The quantitative estimate of drug-likeness (QED) is 0.786. The summed E-state index contributed by atoms with van der Waals surface area (Å²) >= 11 is 0. The first-order valence-electron chi connectivity index (χ1n) is 9.48. The average Bonchev–Trinajstić information content (AvgIpc) is 2.93. The molecule has 2 aromatic rings. The number of nitrogens with zero attached hydrogens (tertiary/aromatic N) is 4. The monoisotopic (exact) mass is 404 g/mol. The molecule has 28 heavy (non-hydrogen) atoms. The molecular weight excluding hydrogens is 376 g/mol. The van der Waals surface area contributed by atoms with E-state index in [0.717, 1.165) is 0 Å². The number of aryl methyl sites for hydroxylation is 1. The minimum absolute atomic E-state index is 0.0331. The van der Waals surface area contributed by atoms with Gasteiger partial charge in [0.05, 0.1) is 6.20 Å². The zero-order valence-electron chi connectivity index (χ0n) is 16.9. The van der Waals surface area contributed by atoms with Crippen LogP contribution in [-0.4, -0.2) is 59.5 Å². The first-order chi connectivity index (χ1) is 13.1. The fraction of sp³-hybridized carbons (Fsp3) is 0.500. The van der Waals surface area contributed by atoms with E-state index in [-0.39, 0.29) is 22.8 Å². The molecule has 0 aliphatic carbocycles. The summed E-state index contributed by atoms with van der Waals surface area (Å²) in [6, 6.07) is 7.70. The van der Waals surface area contributed by atoms with Gasteiger partial charge in [0.1, 0.15) is 4.90 Å². The van der Waals surface area contributed by atoms with E-state index in [0.29, 0.717) is 31.6 Å². The minimum Gasteiger partial charge on any atom is -0.337 e. The molecule has 3 rings (SSSR count). The number of carbonyl (C=O) groups excluding carboxylic acids is 1. The molecule has 1 amide bonds. The fourth-order valence-electron chi connectivity index (χ4n) is 3.31. The molecule has 0 atom stereocenters. The summed E-state index contributed by atoms with van der Waals surface area (Å²) in [6.07, 6.45) is 3.46. The largest absolute Gasteiger partial charge is 0.337 e. The normalized spacial score (nSPS) is 16.8. The molecule has 8 heteroatoms. The Morgan fingerprint density at radius 1 is 1.04 bits per heavy atom. The van der Waals surface area contributed by atoms with Crippen molar-refractivity contribution in [2.45, 2.75) is 37.5 Å². The van der Waals surface area contributed by atoms with E-state index in [1.165, 1.54) is 26.9 Å². The lowest BCUT2D eigenvalue weighted by atomic mass is 9.86. The van der Waals surface area contributed by atoms with Crippen LogP contribution in [0.2, 0.25) is 0 Å². The van der Waals surface area contributed by atoms with E-state index in [1.54, 1.807) is 11.9 Å². The van der Waals surface area contributed by atoms with Crippen molar-refractivity contribution in [3.05, 3.63) is 47.8 Å². The molecule has 1 saturated heterocycles. The molecule has 0 N–H and O–H groups in total. The molecule has 1 fully saturated rings. The van der Waals surface area contributed by atoms with Crippen LogP contribution in [0.1, 0.15) is 43.1 Å². The summed E-state index contributed by atoms with van der Waals surface area (Å²) in [5, 5.41) is 3.95. The van der Waals surface area contributed by atoms with Crippen LogP contribution >= 0.6 is 0 Å². The van der Waals surface area contributed by atoms with Crippen molar-refractivity contribution in [2.24, 2.45) is 7.05 Å². The lowest BCUT2D eigenvalue weighted by molar-refractivity contribution is 0.0764. The highest BCUT2D eigenvalue weighted by molar-refractivity contribution is 7.89. The van der Waals surface area contributed by atoms with Gasteiger partial charge in [-0.05, 0) is 29.5 Å². The summed E-state index contributed by atoms with van der Waals surface area (Å²) in [6.45, 7) is 7.99. The molecule has 1 aromatic carbocycles. The molecule has 1 aromatic heterocycles. The van der Waals surface area contributed by atoms with E-state index in [1.807, 2.05) is 24.3 Å². The summed E-state index contributed by atoms with van der Waals surface area (Å²) in [5.74, 6) is -0.0546. The fourth-order valence-corrected chi connectivity index (χ4v) is 4.77. The predicted molar refractivity (Wildman–Crippen MR) is 108 cm³/mol. The van der Waals surface area contributed by atoms with Crippen molar-refractivity contribution in [3.8, 4) is 0 Å². The van der Waals surface area contributed by atoms with Crippen molar-refractivity contribution in [3.63, 3.8) is 0 Å². The van der Waals surface area contributed by atoms with Crippen molar-refractivity contribution in [1.82, 2.24) is 19.0 Å². The van der Waals surface area contributed by atoms with Crippen LogP contribution in [0.25, 0.3) is 0 Å². The van der Waals surface area contributed by atoms with Crippen LogP contribution in [0.3, 0.4) is 0 Å². The van der Waals surface area contributed by atoms with Crippen LogP contribution in [0.5, 0.6) is 0 Å². The Labute approximate surface area is 167 Å². The van der Waals surface area contributed by atoms with Gasteiger partial charge in [-0.3, -0.25) is 9.48 Å². The summed E-state index contributed by atoms with van der Waals surface area (Å²) in [5.41, 5.74) is 1.84. The molecule has 0 saturated carbocycles. The summed E-state index contributed by atoms with van der Waals surface area (Å²) in [4.78, 5) is 14.8. The van der Waals surface area contributed by atoms with Gasteiger partial charge in [-0.1, -0.05) is 32.9 Å². The molecule has 0 bridgehead atoms. The van der Waals surface area contributed by atoms with E-state index in [9.17, 15) is 13.2 Å². The van der Waals surface area contributed by atoms with Crippen molar-refractivity contribution >= 4 is 15.9 Å². The van der Waals surface area contributed by atoms with Gasteiger partial charge in [-0.25, -0.2) is 8.42 Å². The number of aromatic nitrogens is 2. The lowest BCUT2D eigenvalue weighted by Crippen LogP contribution is -2.37. The van der Waals surface area contributed by atoms with Gasteiger partial charge in [-0.15, -0.1) is 0 Å². The smallest absolute Gasteiger partial charge is 0.253 e. The van der Waals surface area contributed by atoms with Crippen molar-refractivity contribution in [1.29, 1.82) is 0 Å². The van der Waals surface area contributed by atoms with Gasteiger partial charge in [0.25, 0.3) is 5.91 Å². The van der Waals surface area contributed by atoms with Crippen LogP contribution < -0.4 is 0 Å². The highest BCUT2D eigenvalue weighted by atomic mass is 32.2. The predicted octanol–water partition coefficient (Wildman–Crippen LogP) is 2.25. The Bertz CT molecular complexity index is 943. The van der Waals surface area contributed by atoms with E-state index >= 15 is 0 Å². The average molecular weight is 405 g/mol. The third-order valence-corrected chi connectivity index (χ3v) is 6.91. The highest BCUT2D eigenvalue weighted by Crippen LogP contribution is 2.23. The summed E-state index contributed by atoms with van der Waals surface area (Å²) in [7, 11) is -1.90. The second-order valence-electron chi connectivity index (χ2n) is 8.23. The molecule has 2 heterocycles. The van der Waals surface area contributed by atoms with Gasteiger partial charge in [0.15, 0.2) is 0 Å². The molecule has 152 valence electrons. The van der Waals surface area contributed by atoms with Gasteiger partial charge < -0.3 is 4.90 Å². The molecule has 0 radical (unpaired) electrons. The Morgan fingerprint density at radius 3 is 2.29 bits per heavy atom. The van der Waals surface area contributed by atoms with E-state index in [2.05, 4.69) is 25.9 Å². The Morgan fingerprint density at radius 2 is 1.71 bits per heavy atom. The van der Waals surface area contributed by atoms with Crippen molar-refractivity contribution in [2.75, 3.05) is 26.2 Å².